The van der Waals surface area contributed by atoms with Gasteiger partial charge in [-0.25, -0.2) is 0 Å². The third-order valence-electron chi connectivity index (χ3n) is 2.86. The van der Waals surface area contributed by atoms with Crippen molar-refractivity contribution in [3.8, 4) is 0 Å². The van der Waals surface area contributed by atoms with Crippen LogP contribution in [-0.4, -0.2) is 67.0 Å². The molecular formula is C10H19F3N2O. The van der Waals surface area contributed by atoms with Gasteiger partial charge >= 0.3 is 6.18 Å². The highest BCUT2D eigenvalue weighted by Crippen LogP contribution is 2.20. The van der Waals surface area contributed by atoms with Gasteiger partial charge in [-0.15, -0.1) is 0 Å². The number of alkyl halides is 3. The Bertz CT molecular complexity index is 205. The van der Waals surface area contributed by atoms with E-state index in [0.29, 0.717) is 6.54 Å². The van der Waals surface area contributed by atoms with Gasteiger partial charge < -0.3 is 14.9 Å². The van der Waals surface area contributed by atoms with Crippen LogP contribution in [0.2, 0.25) is 0 Å². The molecule has 1 fully saturated rings. The number of likely N-dealkylation sites (tertiary alicyclic amines) is 1. The van der Waals surface area contributed by atoms with Crippen molar-refractivity contribution in [1.29, 1.82) is 0 Å². The second-order valence-corrected chi connectivity index (χ2v) is 4.37. The fourth-order valence-corrected chi connectivity index (χ4v) is 1.81. The van der Waals surface area contributed by atoms with Crippen molar-refractivity contribution in [1.82, 2.24) is 9.80 Å². The molecule has 0 aromatic carbocycles. The van der Waals surface area contributed by atoms with Crippen LogP contribution in [0.5, 0.6) is 0 Å². The van der Waals surface area contributed by atoms with Crippen molar-refractivity contribution in [2.24, 2.45) is 0 Å². The Kier molecular flexibility index (Phi) is 5.01. The van der Waals surface area contributed by atoms with Crippen LogP contribution >= 0.6 is 0 Å². The maximum atomic E-state index is 12.1. The van der Waals surface area contributed by atoms with Crippen LogP contribution < -0.4 is 0 Å². The number of rotatable bonds is 5. The number of nitrogens with zero attached hydrogens (tertiary/aromatic N) is 2. The number of aliphatic hydroxyl groups excluding tert-OH is 1. The van der Waals surface area contributed by atoms with Crippen LogP contribution in [0.25, 0.3) is 0 Å². The Hall–Kier alpha value is -0.330. The van der Waals surface area contributed by atoms with Crippen molar-refractivity contribution in [2.45, 2.75) is 25.1 Å². The van der Waals surface area contributed by atoms with E-state index in [4.69, 9.17) is 5.11 Å². The van der Waals surface area contributed by atoms with E-state index in [0.717, 1.165) is 19.6 Å². The standard InChI is InChI=1S/C10H19F3N2O/c1-14(8-9(16)10(11,12)13)6-7-15-4-2-3-5-15/h9,16H,2-8H2,1H3. The van der Waals surface area contributed by atoms with E-state index in [1.165, 1.54) is 17.7 Å². The first-order valence-corrected chi connectivity index (χ1v) is 5.55. The van der Waals surface area contributed by atoms with Gasteiger partial charge in [-0.1, -0.05) is 0 Å². The van der Waals surface area contributed by atoms with Gasteiger partial charge in [0.25, 0.3) is 0 Å². The molecular weight excluding hydrogens is 221 g/mol. The third-order valence-corrected chi connectivity index (χ3v) is 2.86. The van der Waals surface area contributed by atoms with Crippen LogP contribution in [0.4, 0.5) is 13.2 Å². The fourth-order valence-electron chi connectivity index (χ4n) is 1.81. The van der Waals surface area contributed by atoms with Gasteiger partial charge in [-0.2, -0.15) is 13.2 Å². The van der Waals surface area contributed by atoms with E-state index in [1.807, 2.05) is 0 Å². The molecule has 1 atom stereocenters. The minimum absolute atomic E-state index is 0.350. The lowest BCUT2D eigenvalue weighted by Gasteiger charge is -2.24. The van der Waals surface area contributed by atoms with Crippen molar-refractivity contribution in [3.63, 3.8) is 0 Å². The van der Waals surface area contributed by atoms with E-state index in [9.17, 15) is 13.2 Å². The zero-order valence-electron chi connectivity index (χ0n) is 9.50. The molecule has 1 heterocycles. The molecule has 6 heteroatoms. The molecule has 0 spiro atoms. The summed E-state index contributed by atoms with van der Waals surface area (Å²) in [4.78, 5) is 3.76. The molecule has 0 saturated carbocycles. The quantitative estimate of drug-likeness (QED) is 0.774. The second kappa shape index (κ2) is 5.84. The molecule has 16 heavy (non-hydrogen) atoms. The van der Waals surface area contributed by atoms with E-state index in [-0.39, 0.29) is 6.54 Å². The molecule has 96 valence electrons. The Morgan fingerprint density at radius 2 is 1.88 bits per heavy atom. The minimum Gasteiger partial charge on any atom is -0.382 e. The highest BCUT2D eigenvalue weighted by molar-refractivity contribution is 4.71. The Labute approximate surface area is 93.8 Å². The van der Waals surface area contributed by atoms with Gasteiger partial charge in [-0.05, 0) is 33.0 Å². The van der Waals surface area contributed by atoms with E-state index >= 15 is 0 Å². The Morgan fingerprint density at radius 3 is 2.38 bits per heavy atom. The molecule has 0 amide bonds. The number of hydrogen-bond acceptors (Lipinski definition) is 3. The number of hydrogen-bond donors (Lipinski definition) is 1. The zero-order valence-corrected chi connectivity index (χ0v) is 9.50. The van der Waals surface area contributed by atoms with Crippen LogP contribution in [0.3, 0.4) is 0 Å². The van der Waals surface area contributed by atoms with Gasteiger partial charge in [0.2, 0.25) is 0 Å². The Balaban J connectivity index is 2.17. The molecule has 1 saturated heterocycles. The smallest absolute Gasteiger partial charge is 0.382 e. The molecule has 1 unspecified atom stereocenters. The molecule has 0 aliphatic carbocycles. The number of halogens is 3. The molecule has 0 radical (unpaired) electrons. The topological polar surface area (TPSA) is 26.7 Å². The predicted octanol–water partition coefficient (Wildman–Crippen LogP) is 0.937. The fraction of sp³-hybridized carbons (Fsp3) is 1.00. The number of aliphatic hydroxyl groups is 1. The summed E-state index contributed by atoms with van der Waals surface area (Å²) in [6, 6.07) is 0. The lowest BCUT2D eigenvalue weighted by Crippen LogP contribution is -2.41. The first kappa shape index (κ1) is 13.7. The molecule has 1 aliphatic rings. The lowest BCUT2D eigenvalue weighted by molar-refractivity contribution is -0.207. The summed E-state index contributed by atoms with van der Waals surface area (Å²) >= 11 is 0. The predicted molar refractivity (Wildman–Crippen MR) is 55.2 cm³/mol. The summed E-state index contributed by atoms with van der Waals surface area (Å²) in [7, 11) is 1.60. The summed E-state index contributed by atoms with van der Waals surface area (Å²) in [6.45, 7) is 3.07. The molecule has 1 N–H and O–H groups in total. The molecule has 1 aliphatic heterocycles. The average molecular weight is 240 g/mol. The van der Waals surface area contributed by atoms with Gasteiger partial charge in [0, 0.05) is 19.6 Å². The summed E-state index contributed by atoms with van der Waals surface area (Å²) in [5.41, 5.74) is 0. The van der Waals surface area contributed by atoms with Gasteiger partial charge in [-0.3, -0.25) is 0 Å². The van der Waals surface area contributed by atoms with Crippen LogP contribution in [-0.2, 0) is 0 Å². The van der Waals surface area contributed by atoms with Crippen molar-refractivity contribution < 1.29 is 18.3 Å². The highest BCUT2D eigenvalue weighted by atomic mass is 19.4. The maximum absolute atomic E-state index is 12.1. The van der Waals surface area contributed by atoms with Gasteiger partial charge in [0.05, 0.1) is 0 Å². The molecule has 0 aromatic rings. The second-order valence-electron chi connectivity index (χ2n) is 4.37. The molecule has 0 bridgehead atoms. The summed E-state index contributed by atoms with van der Waals surface area (Å²) in [6.07, 6.45) is -4.40. The maximum Gasteiger partial charge on any atom is 0.415 e. The molecule has 1 rings (SSSR count). The monoisotopic (exact) mass is 240 g/mol. The van der Waals surface area contributed by atoms with Crippen molar-refractivity contribution in [2.75, 3.05) is 39.8 Å². The average Bonchev–Trinajstić information content (AvgIpc) is 2.65. The summed E-state index contributed by atoms with van der Waals surface area (Å²) in [5.74, 6) is 0. The first-order chi connectivity index (χ1) is 7.39. The van der Waals surface area contributed by atoms with E-state index in [1.54, 1.807) is 7.05 Å². The molecule has 0 aromatic heterocycles. The molecule has 3 nitrogen and oxygen atoms in total. The van der Waals surface area contributed by atoms with Crippen LogP contribution in [0, 0.1) is 0 Å². The van der Waals surface area contributed by atoms with Crippen LogP contribution in [0.15, 0.2) is 0 Å². The first-order valence-electron chi connectivity index (χ1n) is 5.55. The van der Waals surface area contributed by atoms with Crippen molar-refractivity contribution >= 4 is 0 Å². The van der Waals surface area contributed by atoms with E-state index < -0.39 is 12.3 Å². The van der Waals surface area contributed by atoms with Crippen LogP contribution in [0.1, 0.15) is 12.8 Å². The minimum atomic E-state index is -4.51. The number of likely N-dealkylation sites (N-methyl/N-ethyl adjacent to an activating group) is 1. The highest BCUT2D eigenvalue weighted by Gasteiger charge is 2.38. The SMILES string of the molecule is CN(CCN1CCCC1)CC(O)C(F)(F)F. The summed E-state index contributed by atoms with van der Waals surface area (Å²) in [5, 5.41) is 8.87. The third kappa shape index (κ3) is 4.67. The zero-order chi connectivity index (χ0) is 12.2. The summed E-state index contributed by atoms with van der Waals surface area (Å²) < 4.78 is 36.2. The van der Waals surface area contributed by atoms with Crippen molar-refractivity contribution in [3.05, 3.63) is 0 Å². The van der Waals surface area contributed by atoms with Gasteiger partial charge in [0.1, 0.15) is 0 Å². The van der Waals surface area contributed by atoms with E-state index in [2.05, 4.69) is 4.90 Å². The lowest BCUT2D eigenvalue weighted by atomic mass is 10.3. The Morgan fingerprint density at radius 1 is 1.31 bits per heavy atom. The van der Waals surface area contributed by atoms with Gasteiger partial charge in [0.15, 0.2) is 6.10 Å². The normalized spacial score (nSPS) is 20.6. The largest absolute Gasteiger partial charge is 0.415 e.